The maximum Gasteiger partial charge on any atom is 0.309 e. The number of epoxide rings is 1. The fourth-order valence-corrected chi connectivity index (χ4v) is 6.85. The van der Waals surface area contributed by atoms with Crippen LogP contribution in [0, 0.1) is 45.8 Å². The van der Waals surface area contributed by atoms with Crippen molar-refractivity contribution in [2.45, 2.75) is 71.0 Å². The van der Waals surface area contributed by atoms with Gasteiger partial charge in [-0.15, -0.1) is 0 Å². The van der Waals surface area contributed by atoms with E-state index in [2.05, 4.69) is 19.9 Å². The van der Waals surface area contributed by atoms with E-state index >= 15 is 0 Å². The highest BCUT2D eigenvalue weighted by Crippen LogP contribution is 2.64. The summed E-state index contributed by atoms with van der Waals surface area (Å²) in [6.07, 6.45) is 5.86. The highest BCUT2D eigenvalue weighted by Gasteiger charge is 2.63. The van der Waals surface area contributed by atoms with Crippen LogP contribution in [0.5, 0.6) is 0 Å². The van der Waals surface area contributed by atoms with Crippen molar-refractivity contribution in [3.05, 3.63) is 0 Å². The maximum atomic E-state index is 13.0. The molecule has 0 N–H and O–H groups in total. The first kappa shape index (κ1) is 18.0. The molecule has 142 valence electrons. The van der Waals surface area contributed by atoms with Gasteiger partial charge >= 0.3 is 5.97 Å². The Balaban J connectivity index is 1.64. The molecule has 4 aliphatic rings. The van der Waals surface area contributed by atoms with Crippen LogP contribution >= 0.6 is 0 Å². The summed E-state index contributed by atoms with van der Waals surface area (Å²) >= 11 is 0. The van der Waals surface area contributed by atoms with Gasteiger partial charge in [0.15, 0.2) is 5.78 Å². The van der Waals surface area contributed by atoms with Gasteiger partial charge in [0, 0.05) is 11.8 Å². The van der Waals surface area contributed by atoms with Crippen molar-refractivity contribution in [3.8, 4) is 6.07 Å². The number of hydrogen-bond acceptors (Lipinski definition) is 5. The van der Waals surface area contributed by atoms with E-state index < -0.39 is 0 Å². The zero-order valence-electron chi connectivity index (χ0n) is 16.0. The molecule has 1 aliphatic heterocycles. The Morgan fingerprint density at radius 3 is 2.69 bits per heavy atom. The summed E-state index contributed by atoms with van der Waals surface area (Å²) in [6.45, 7) is 4.32. The second-order valence-electron chi connectivity index (χ2n) is 9.35. The number of hydrogen-bond donors (Lipinski definition) is 0. The van der Waals surface area contributed by atoms with Crippen molar-refractivity contribution in [1.29, 1.82) is 5.26 Å². The topological polar surface area (TPSA) is 79.7 Å². The van der Waals surface area contributed by atoms with Crippen LogP contribution in [0.4, 0.5) is 0 Å². The third-order valence-electron chi connectivity index (χ3n) is 8.42. The van der Waals surface area contributed by atoms with Crippen LogP contribution < -0.4 is 0 Å². The molecule has 0 amide bonds. The predicted molar refractivity (Wildman–Crippen MR) is 93.8 cm³/mol. The minimum Gasteiger partial charge on any atom is -0.469 e. The Morgan fingerprint density at radius 1 is 1.23 bits per heavy atom. The average molecular weight is 359 g/mol. The number of rotatable bonds is 3. The lowest BCUT2D eigenvalue weighted by atomic mass is 9.50. The molecule has 26 heavy (non-hydrogen) atoms. The van der Waals surface area contributed by atoms with E-state index in [1.165, 1.54) is 7.11 Å². The molecule has 0 aromatic carbocycles. The lowest BCUT2D eigenvalue weighted by molar-refractivity contribution is -0.154. The van der Waals surface area contributed by atoms with Gasteiger partial charge in [-0.25, -0.2) is 0 Å². The molecule has 3 aliphatic carbocycles. The monoisotopic (exact) mass is 359 g/mol. The van der Waals surface area contributed by atoms with E-state index in [1.54, 1.807) is 0 Å². The molecule has 4 fully saturated rings. The third kappa shape index (κ3) is 2.37. The van der Waals surface area contributed by atoms with E-state index in [0.29, 0.717) is 12.3 Å². The van der Waals surface area contributed by atoms with Gasteiger partial charge < -0.3 is 9.47 Å². The van der Waals surface area contributed by atoms with Crippen molar-refractivity contribution in [3.63, 3.8) is 0 Å². The summed E-state index contributed by atoms with van der Waals surface area (Å²) in [5, 5.41) is 9.52. The molecule has 5 heteroatoms. The number of ketones is 1. The molecule has 5 nitrogen and oxygen atoms in total. The number of nitriles is 1. The van der Waals surface area contributed by atoms with E-state index in [0.717, 1.165) is 38.5 Å². The number of nitrogens with zero attached hydrogens (tertiary/aromatic N) is 1. The van der Waals surface area contributed by atoms with E-state index in [1.807, 2.05) is 0 Å². The molecule has 0 aromatic heterocycles. The summed E-state index contributed by atoms with van der Waals surface area (Å²) in [7, 11) is 1.46. The first-order chi connectivity index (χ1) is 12.4. The second kappa shape index (κ2) is 6.05. The third-order valence-corrected chi connectivity index (χ3v) is 8.42. The van der Waals surface area contributed by atoms with Crippen LogP contribution in [0.25, 0.3) is 0 Å². The predicted octanol–water partition coefficient (Wildman–Crippen LogP) is 3.27. The van der Waals surface area contributed by atoms with Gasteiger partial charge in [0.1, 0.15) is 6.10 Å². The largest absolute Gasteiger partial charge is 0.469 e. The minimum absolute atomic E-state index is 0.0781. The van der Waals surface area contributed by atoms with E-state index in [-0.39, 0.29) is 52.5 Å². The van der Waals surface area contributed by atoms with Crippen LogP contribution in [0.15, 0.2) is 0 Å². The number of esters is 1. The maximum absolute atomic E-state index is 13.0. The number of Topliss-reactive ketones (excluding diaryl/α,β-unsaturated/α-hetero) is 1. The number of fused-ring (bicyclic) bond motifs is 2. The Morgan fingerprint density at radius 2 is 2.00 bits per heavy atom. The number of ether oxygens (including phenoxy) is 2. The molecule has 1 saturated heterocycles. The molecule has 0 radical (unpaired) electrons. The Hall–Kier alpha value is -1.41. The van der Waals surface area contributed by atoms with Crippen LogP contribution in [0.2, 0.25) is 0 Å². The smallest absolute Gasteiger partial charge is 0.309 e. The van der Waals surface area contributed by atoms with Gasteiger partial charge in [0.2, 0.25) is 0 Å². The van der Waals surface area contributed by atoms with Crippen molar-refractivity contribution < 1.29 is 19.1 Å². The summed E-state index contributed by atoms with van der Waals surface area (Å²) < 4.78 is 10.6. The minimum atomic E-state index is -0.385. The lowest BCUT2D eigenvalue weighted by Gasteiger charge is -2.53. The van der Waals surface area contributed by atoms with Gasteiger partial charge in [-0.2, -0.15) is 5.26 Å². The molecule has 8 atom stereocenters. The molecule has 1 heterocycles. The van der Waals surface area contributed by atoms with Gasteiger partial charge in [-0.05, 0) is 61.7 Å². The van der Waals surface area contributed by atoms with Crippen LogP contribution in [0.3, 0.4) is 0 Å². The van der Waals surface area contributed by atoms with Crippen LogP contribution in [-0.2, 0) is 19.1 Å². The highest BCUT2D eigenvalue weighted by atomic mass is 16.6. The fourth-order valence-electron chi connectivity index (χ4n) is 6.85. The Bertz CT molecular complexity index is 669. The van der Waals surface area contributed by atoms with Gasteiger partial charge in [-0.1, -0.05) is 13.8 Å². The van der Waals surface area contributed by atoms with Crippen molar-refractivity contribution in [2.24, 2.45) is 34.5 Å². The quantitative estimate of drug-likeness (QED) is 0.571. The van der Waals surface area contributed by atoms with Crippen molar-refractivity contribution in [2.75, 3.05) is 7.11 Å². The van der Waals surface area contributed by atoms with E-state index in [9.17, 15) is 14.9 Å². The van der Waals surface area contributed by atoms with Crippen LogP contribution in [-0.4, -0.2) is 31.1 Å². The van der Waals surface area contributed by atoms with Gasteiger partial charge in [-0.3, -0.25) is 9.59 Å². The van der Waals surface area contributed by atoms with Crippen molar-refractivity contribution >= 4 is 11.8 Å². The highest BCUT2D eigenvalue weighted by molar-refractivity contribution is 5.92. The normalized spacial score (nSPS) is 49.7. The lowest BCUT2D eigenvalue weighted by Crippen LogP contribution is -2.52. The molecule has 3 saturated carbocycles. The number of methoxy groups -OCH3 is 1. The molecular weight excluding hydrogens is 330 g/mol. The summed E-state index contributed by atoms with van der Waals surface area (Å²) in [5.74, 6) is 0.774. The molecule has 4 rings (SSSR count). The number of carbonyl (C=O) groups excluding carboxylic acids is 2. The van der Waals surface area contributed by atoms with Crippen molar-refractivity contribution in [1.82, 2.24) is 0 Å². The fraction of sp³-hybridized carbons (Fsp3) is 0.857. The first-order valence-corrected chi connectivity index (χ1v) is 10.0. The van der Waals surface area contributed by atoms with E-state index in [4.69, 9.17) is 9.47 Å². The Labute approximate surface area is 155 Å². The Kier molecular flexibility index (Phi) is 4.19. The average Bonchev–Trinajstić information content (AvgIpc) is 3.33. The molecular formula is C21H29NO4. The van der Waals surface area contributed by atoms with Gasteiger partial charge in [0.05, 0.1) is 25.2 Å². The molecule has 2 unspecified atom stereocenters. The summed E-state index contributed by atoms with van der Waals surface area (Å²) in [5.41, 5.74) is -0.498. The first-order valence-electron chi connectivity index (χ1n) is 10.0. The molecule has 0 aromatic rings. The zero-order chi connectivity index (χ0) is 18.7. The second-order valence-corrected chi connectivity index (χ2v) is 9.35. The number of carbonyl (C=O) groups is 2. The molecule has 0 spiro atoms. The zero-order valence-corrected chi connectivity index (χ0v) is 16.0. The SMILES string of the molecule is COC(=O)[C@H]1CC[C@H]2C(CC#N)C([C@@]3(C)CC[C@@H]4O[C@@H]4C3=O)CC[C@]12C. The summed E-state index contributed by atoms with van der Waals surface area (Å²) in [6, 6.07) is 2.39. The summed E-state index contributed by atoms with van der Waals surface area (Å²) in [4.78, 5) is 25.4. The standard InChI is InChI=1S/C21H29NO4/c1-20-9-6-14(21(2)10-7-16-17(26-16)18(21)23)12(8-11-22)13(20)4-5-15(20)19(24)25-3/h12-17H,4-10H2,1-3H3/t12?,13-,14?,15+,16-,17-,20-,21+/m0/s1. The van der Waals surface area contributed by atoms with Gasteiger partial charge in [0.25, 0.3) is 0 Å². The van der Waals surface area contributed by atoms with Crippen LogP contribution in [0.1, 0.15) is 58.8 Å². The molecule has 0 bridgehead atoms.